The van der Waals surface area contributed by atoms with E-state index in [4.69, 9.17) is 0 Å². The average Bonchev–Trinajstić information content (AvgIpc) is 2.46. The van der Waals surface area contributed by atoms with Crippen LogP contribution in [0.25, 0.3) is 0 Å². The van der Waals surface area contributed by atoms with Crippen LogP contribution in [0.2, 0.25) is 0 Å². The van der Waals surface area contributed by atoms with Gasteiger partial charge in [-0.15, -0.1) is 0 Å². The summed E-state index contributed by atoms with van der Waals surface area (Å²) in [4.78, 5) is 0.625. The third kappa shape index (κ3) is 2.19. The predicted molar refractivity (Wildman–Crippen MR) is 61.7 cm³/mol. The second kappa shape index (κ2) is 4.47. The van der Waals surface area contributed by atoms with Crippen molar-refractivity contribution in [1.29, 1.82) is 0 Å². The first-order chi connectivity index (χ1) is 6.77. The summed E-state index contributed by atoms with van der Waals surface area (Å²) in [7, 11) is 1.99. The van der Waals surface area contributed by atoms with Crippen molar-refractivity contribution >= 4 is 15.9 Å². The largest absolute Gasteiger partial charge is 0.276 e. The highest BCUT2D eigenvalue weighted by Crippen LogP contribution is 2.35. The number of hydrogen-bond donors (Lipinski definition) is 0. The third-order valence-corrected chi connectivity index (χ3v) is 4.14. The molecule has 0 aliphatic heterocycles. The molecule has 1 aromatic rings. The molecule has 0 radical (unpaired) electrons. The number of hydrogen-bond acceptors (Lipinski definition) is 1. The molecule has 3 heteroatoms. The van der Waals surface area contributed by atoms with Gasteiger partial charge < -0.3 is 0 Å². The molecule has 1 aliphatic rings. The van der Waals surface area contributed by atoms with Crippen LogP contribution in [0.3, 0.4) is 0 Å². The molecule has 2 rings (SSSR count). The molecule has 2 unspecified atom stereocenters. The van der Waals surface area contributed by atoms with E-state index in [-0.39, 0.29) is 0 Å². The molecule has 0 aromatic carbocycles. The summed E-state index contributed by atoms with van der Waals surface area (Å²) in [6, 6.07) is 2.16. The van der Waals surface area contributed by atoms with Crippen molar-refractivity contribution in [2.24, 2.45) is 7.05 Å². The topological polar surface area (TPSA) is 17.8 Å². The van der Waals surface area contributed by atoms with Gasteiger partial charge in [-0.25, -0.2) is 0 Å². The quantitative estimate of drug-likeness (QED) is 0.558. The molecule has 0 amide bonds. The molecule has 1 heterocycles. The molecule has 78 valence electrons. The van der Waals surface area contributed by atoms with Crippen molar-refractivity contribution in [3.8, 4) is 0 Å². The molecule has 2 nitrogen and oxygen atoms in total. The van der Waals surface area contributed by atoms with Gasteiger partial charge in [0, 0.05) is 24.0 Å². The molecular weight excluding hydrogens is 240 g/mol. The average molecular weight is 257 g/mol. The summed E-state index contributed by atoms with van der Waals surface area (Å²) in [5.41, 5.74) is 1.26. The van der Waals surface area contributed by atoms with Crippen molar-refractivity contribution in [2.75, 3.05) is 0 Å². The Balaban J connectivity index is 2.14. The molecule has 14 heavy (non-hydrogen) atoms. The van der Waals surface area contributed by atoms with Crippen molar-refractivity contribution in [3.05, 3.63) is 18.0 Å². The van der Waals surface area contributed by atoms with Crippen LogP contribution in [-0.4, -0.2) is 14.6 Å². The lowest BCUT2D eigenvalue weighted by Gasteiger charge is -2.17. The van der Waals surface area contributed by atoms with Gasteiger partial charge in [-0.3, -0.25) is 4.68 Å². The Morgan fingerprint density at radius 1 is 1.36 bits per heavy atom. The standard InChI is InChI=1S/C11H17BrN2/c1-14-8-7-11(13-14)9-5-3-2-4-6-10(9)12/h7-10H,2-6H2,1H3. The maximum Gasteiger partial charge on any atom is 0.0666 e. The van der Waals surface area contributed by atoms with Gasteiger partial charge in [0.25, 0.3) is 0 Å². The van der Waals surface area contributed by atoms with Crippen molar-refractivity contribution in [2.45, 2.75) is 42.8 Å². The fraction of sp³-hybridized carbons (Fsp3) is 0.727. The van der Waals surface area contributed by atoms with E-state index >= 15 is 0 Å². The van der Waals surface area contributed by atoms with Crippen LogP contribution in [-0.2, 0) is 7.05 Å². The highest BCUT2D eigenvalue weighted by Gasteiger charge is 2.24. The first kappa shape index (κ1) is 10.2. The van der Waals surface area contributed by atoms with Crippen LogP contribution in [0.5, 0.6) is 0 Å². The molecule has 1 saturated carbocycles. The predicted octanol–water partition coefficient (Wildman–Crippen LogP) is 3.23. The lowest BCUT2D eigenvalue weighted by molar-refractivity contribution is 0.583. The summed E-state index contributed by atoms with van der Waals surface area (Å²) in [6.07, 6.45) is 8.71. The van der Waals surface area contributed by atoms with Crippen LogP contribution in [0.4, 0.5) is 0 Å². The van der Waals surface area contributed by atoms with Gasteiger partial charge in [-0.05, 0) is 18.9 Å². The van der Waals surface area contributed by atoms with Crippen molar-refractivity contribution < 1.29 is 0 Å². The van der Waals surface area contributed by atoms with E-state index in [0.29, 0.717) is 10.7 Å². The highest BCUT2D eigenvalue weighted by atomic mass is 79.9. The minimum absolute atomic E-state index is 0.624. The smallest absolute Gasteiger partial charge is 0.0666 e. The van der Waals surface area contributed by atoms with Crippen LogP contribution in [0.15, 0.2) is 12.3 Å². The highest BCUT2D eigenvalue weighted by molar-refractivity contribution is 9.09. The van der Waals surface area contributed by atoms with Gasteiger partial charge in [0.1, 0.15) is 0 Å². The first-order valence-electron chi connectivity index (χ1n) is 5.41. The second-order valence-corrected chi connectivity index (χ2v) is 5.35. The van der Waals surface area contributed by atoms with E-state index in [0.717, 1.165) is 0 Å². The van der Waals surface area contributed by atoms with Crippen LogP contribution in [0, 0.1) is 0 Å². The molecule has 0 N–H and O–H groups in total. The van der Waals surface area contributed by atoms with Gasteiger partial charge in [0.15, 0.2) is 0 Å². The number of rotatable bonds is 1. The zero-order valence-corrected chi connectivity index (χ0v) is 10.2. The van der Waals surface area contributed by atoms with Crippen molar-refractivity contribution in [3.63, 3.8) is 0 Å². The summed E-state index contributed by atoms with van der Waals surface area (Å²) >= 11 is 3.80. The van der Waals surface area contributed by atoms with E-state index < -0.39 is 0 Å². The Kier molecular flexibility index (Phi) is 3.26. The fourth-order valence-electron chi connectivity index (χ4n) is 2.23. The normalized spacial score (nSPS) is 28.7. The number of aromatic nitrogens is 2. The van der Waals surface area contributed by atoms with Crippen LogP contribution < -0.4 is 0 Å². The summed E-state index contributed by atoms with van der Waals surface area (Å²) < 4.78 is 1.90. The van der Waals surface area contributed by atoms with E-state index in [1.807, 2.05) is 17.9 Å². The summed E-state index contributed by atoms with van der Waals surface area (Å²) in [5.74, 6) is 0.624. The van der Waals surface area contributed by atoms with E-state index in [2.05, 4.69) is 27.1 Å². The molecular formula is C11H17BrN2. The van der Waals surface area contributed by atoms with Crippen LogP contribution in [0.1, 0.15) is 43.7 Å². The van der Waals surface area contributed by atoms with Gasteiger partial charge in [0.2, 0.25) is 0 Å². The second-order valence-electron chi connectivity index (χ2n) is 4.17. The molecule has 2 atom stereocenters. The van der Waals surface area contributed by atoms with Gasteiger partial charge in [-0.1, -0.05) is 35.2 Å². The van der Waals surface area contributed by atoms with E-state index in [1.165, 1.54) is 37.8 Å². The maximum absolute atomic E-state index is 4.51. The lowest BCUT2D eigenvalue weighted by Crippen LogP contribution is -2.11. The van der Waals surface area contributed by atoms with Crippen LogP contribution >= 0.6 is 15.9 Å². The molecule has 1 aromatic heterocycles. The molecule has 0 saturated heterocycles. The third-order valence-electron chi connectivity index (χ3n) is 3.05. The number of alkyl halides is 1. The minimum atomic E-state index is 0.624. The number of nitrogens with zero attached hydrogens (tertiary/aromatic N) is 2. The zero-order valence-electron chi connectivity index (χ0n) is 8.62. The lowest BCUT2D eigenvalue weighted by atomic mass is 9.97. The fourth-order valence-corrected chi connectivity index (χ4v) is 3.09. The molecule has 1 aliphatic carbocycles. The summed E-state index contributed by atoms with van der Waals surface area (Å²) in [5, 5.41) is 4.51. The number of halogens is 1. The van der Waals surface area contributed by atoms with E-state index in [1.54, 1.807) is 0 Å². The Morgan fingerprint density at radius 2 is 2.14 bits per heavy atom. The summed E-state index contributed by atoms with van der Waals surface area (Å²) in [6.45, 7) is 0. The van der Waals surface area contributed by atoms with E-state index in [9.17, 15) is 0 Å². The monoisotopic (exact) mass is 256 g/mol. The molecule has 0 bridgehead atoms. The Morgan fingerprint density at radius 3 is 2.86 bits per heavy atom. The zero-order chi connectivity index (χ0) is 9.97. The van der Waals surface area contributed by atoms with Gasteiger partial charge in [-0.2, -0.15) is 5.10 Å². The van der Waals surface area contributed by atoms with Gasteiger partial charge >= 0.3 is 0 Å². The SMILES string of the molecule is Cn1ccc(C2CCCCCC2Br)n1. The maximum atomic E-state index is 4.51. The Hall–Kier alpha value is -0.310. The first-order valence-corrected chi connectivity index (χ1v) is 6.32. The Bertz CT molecular complexity index is 295. The van der Waals surface area contributed by atoms with Crippen molar-refractivity contribution in [1.82, 2.24) is 9.78 Å². The molecule has 0 spiro atoms. The minimum Gasteiger partial charge on any atom is -0.276 e. The Labute approximate surface area is 93.8 Å². The molecule has 1 fully saturated rings. The van der Waals surface area contributed by atoms with Gasteiger partial charge in [0.05, 0.1) is 5.69 Å². The number of aryl methyl sites for hydroxylation is 1.